The molecule has 2 heterocycles. The van der Waals surface area contributed by atoms with E-state index in [1.165, 1.54) is 10.4 Å². The normalized spacial score (nSPS) is 17.3. The summed E-state index contributed by atoms with van der Waals surface area (Å²) in [6, 6.07) is 3.13. The lowest BCUT2D eigenvalue weighted by Gasteiger charge is -2.33. The monoisotopic (exact) mass is 393 g/mol. The van der Waals surface area contributed by atoms with Crippen LogP contribution in [0.15, 0.2) is 16.3 Å². The summed E-state index contributed by atoms with van der Waals surface area (Å²) in [5, 5.41) is 2.91. The van der Waals surface area contributed by atoms with E-state index in [1.54, 1.807) is 6.07 Å². The van der Waals surface area contributed by atoms with Crippen molar-refractivity contribution in [2.24, 2.45) is 5.92 Å². The van der Waals surface area contributed by atoms with Gasteiger partial charge in [0, 0.05) is 32.7 Å². The highest BCUT2D eigenvalue weighted by molar-refractivity contribution is 7.91. The molecule has 136 valence electrons. The molecule has 2 rings (SSSR count). The summed E-state index contributed by atoms with van der Waals surface area (Å²) >= 11 is 6.90. The largest absolute Gasteiger partial charge is 0.355 e. The van der Waals surface area contributed by atoms with Crippen LogP contribution in [-0.2, 0) is 14.8 Å². The van der Waals surface area contributed by atoms with E-state index in [2.05, 4.69) is 19.2 Å². The number of hydrogen-bond acceptors (Lipinski definition) is 5. The Bertz CT molecular complexity index is 653. The lowest BCUT2D eigenvalue weighted by Crippen LogP contribution is -2.51. The molecule has 1 aliphatic rings. The Kier molecular flexibility index (Phi) is 7.06. The number of amides is 1. The van der Waals surface area contributed by atoms with Crippen LogP contribution in [0.2, 0.25) is 4.34 Å². The smallest absolute Gasteiger partial charge is 0.252 e. The van der Waals surface area contributed by atoms with E-state index in [1.807, 2.05) is 4.90 Å². The van der Waals surface area contributed by atoms with Crippen molar-refractivity contribution in [2.75, 3.05) is 39.3 Å². The van der Waals surface area contributed by atoms with Crippen molar-refractivity contribution in [3.63, 3.8) is 0 Å². The van der Waals surface area contributed by atoms with Crippen LogP contribution >= 0.6 is 22.9 Å². The van der Waals surface area contributed by atoms with Crippen molar-refractivity contribution in [2.45, 2.75) is 24.5 Å². The molecule has 6 nitrogen and oxygen atoms in total. The number of nitrogens with one attached hydrogen (secondary N) is 1. The van der Waals surface area contributed by atoms with Gasteiger partial charge in [-0.3, -0.25) is 9.69 Å². The highest BCUT2D eigenvalue weighted by Gasteiger charge is 2.30. The van der Waals surface area contributed by atoms with Gasteiger partial charge >= 0.3 is 0 Å². The first-order valence-electron chi connectivity index (χ1n) is 8.03. The van der Waals surface area contributed by atoms with Gasteiger partial charge in [-0.05, 0) is 24.5 Å². The molecule has 1 aromatic heterocycles. The second-order valence-corrected chi connectivity index (χ2v) is 10.2. The van der Waals surface area contributed by atoms with Crippen LogP contribution < -0.4 is 5.32 Å². The fourth-order valence-corrected chi connectivity index (χ4v) is 5.51. The van der Waals surface area contributed by atoms with Gasteiger partial charge in [-0.25, -0.2) is 8.42 Å². The fraction of sp³-hybridized carbons (Fsp3) is 0.667. The average molecular weight is 394 g/mol. The maximum absolute atomic E-state index is 12.5. The number of carbonyl (C=O) groups is 1. The maximum atomic E-state index is 12.5. The SMILES string of the molecule is CC(C)CCNC(=O)CN1CCN(S(=O)(=O)c2ccc(Cl)s2)CC1. The third kappa shape index (κ3) is 5.42. The second-order valence-electron chi connectivity index (χ2n) is 6.27. The average Bonchev–Trinajstić information content (AvgIpc) is 2.95. The molecule has 1 amide bonds. The molecule has 24 heavy (non-hydrogen) atoms. The molecule has 1 aromatic rings. The Morgan fingerprint density at radius 2 is 1.96 bits per heavy atom. The van der Waals surface area contributed by atoms with Crippen LogP contribution in [0.25, 0.3) is 0 Å². The zero-order valence-corrected chi connectivity index (χ0v) is 16.4. The van der Waals surface area contributed by atoms with E-state index in [0.29, 0.717) is 49.5 Å². The Morgan fingerprint density at radius 3 is 2.50 bits per heavy atom. The molecule has 1 fully saturated rings. The number of nitrogens with zero attached hydrogens (tertiary/aromatic N) is 2. The standard InChI is InChI=1S/C15H24ClN3O3S2/c1-12(2)5-6-17-14(20)11-18-7-9-19(10-8-18)24(21,22)15-4-3-13(16)23-15/h3-4,12H,5-11H2,1-2H3,(H,17,20). The summed E-state index contributed by atoms with van der Waals surface area (Å²) in [4.78, 5) is 13.9. The first-order valence-corrected chi connectivity index (χ1v) is 10.7. The van der Waals surface area contributed by atoms with Gasteiger partial charge < -0.3 is 5.32 Å². The molecule has 9 heteroatoms. The molecular formula is C15H24ClN3O3S2. The van der Waals surface area contributed by atoms with Gasteiger partial charge in [-0.15, -0.1) is 11.3 Å². The molecular weight excluding hydrogens is 370 g/mol. The Labute approximate surface area is 152 Å². The number of hydrogen-bond donors (Lipinski definition) is 1. The molecule has 0 aliphatic carbocycles. The number of carbonyl (C=O) groups excluding carboxylic acids is 1. The lowest BCUT2D eigenvalue weighted by molar-refractivity contribution is -0.122. The summed E-state index contributed by atoms with van der Waals surface area (Å²) in [7, 11) is -3.48. The first kappa shape index (κ1) is 19.7. The topological polar surface area (TPSA) is 69.7 Å². The van der Waals surface area contributed by atoms with Gasteiger partial charge in [0.2, 0.25) is 5.91 Å². The quantitative estimate of drug-likeness (QED) is 0.767. The molecule has 0 saturated carbocycles. The van der Waals surface area contributed by atoms with Crippen LogP contribution in [0.1, 0.15) is 20.3 Å². The number of piperazine rings is 1. The van der Waals surface area contributed by atoms with Crippen molar-refractivity contribution >= 4 is 38.9 Å². The van der Waals surface area contributed by atoms with E-state index in [4.69, 9.17) is 11.6 Å². The van der Waals surface area contributed by atoms with Crippen LogP contribution in [0.5, 0.6) is 0 Å². The zero-order valence-electron chi connectivity index (χ0n) is 14.0. The van der Waals surface area contributed by atoms with E-state index >= 15 is 0 Å². The zero-order chi connectivity index (χ0) is 17.7. The predicted molar refractivity (Wildman–Crippen MR) is 97.0 cm³/mol. The lowest BCUT2D eigenvalue weighted by atomic mass is 10.1. The van der Waals surface area contributed by atoms with Crippen molar-refractivity contribution in [3.05, 3.63) is 16.5 Å². The molecule has 1 aliphatic heterocycles. The van der Waals surface area contributed by atoms with Crippen molar-refractivity contribution < 1.29 is 13.2 Å². The minimum Gasteiger partial charge on any atom is -0.355 e. The highest BCUT2D eigenvalue weighted by atomic mass is 35.5. The molecule has 0 spiro atoms. The van der Waals surface area contributed by atoms with E-state index in [0.717, 1.165) is 17.8 Å². The number of sulfonamides is 1. The van der Waals surface area contributed by atoms with Crippen LogP contribution in [0.3, 0.4) is 0 Å². The van der Waals surface area contributed by atoms with Crippen molar-refractivity contribution in [3.8, 4) is 0 Å². The van der Waals surface area contributed by atoms with Gasteiger partial charge in [-0.2, -0.15) is 4.31 Å². The van der Waals surface area contributed by atoms with E-state index < -0.39 is 10.0 Å². The Morgan fingerprint density at radius 1 is 1.29 bits per heavy atom. The summed E-state index contributed by atoms with van der Waals surface area (Å²) in [6.45, 7) is 7.11. The minimum atomic E-state index is -3.48. The van der Waals surface area contributed by atoms with Crippen molar-refractivity contribution in [1.82, 2.24) is 14.5 Å². The number of halogens is 1. The fourth-order valence-electron chi connectivity index (χ4n) is 2.45. The van der Waals surface area contributed by atoms with E-state index in [9.17, 15) is 13.2 Å². The van der Waals surface area contributed by atoms with Crippen LogP contribution in [0, 0.1) is 5.92 Å². The summed E-state index contributed by atoms with van der Waals surface area (Å²) in [6.07, 6.45) is 0.959. The third-order valence-corrected chi connectivity index (χ3v) is 7.48. The molecule has 0 unspecified atom stereocenters. The Hall–Kier alpha value is -0.670. The van der Waals surface area contributed by atoms with Gasteiger partial charge in [0.05, 0.1) is 10.9 Å². The Balaban J connectivity index is 1.80. The van der Waals surface area contributed by atoms with Crippen LogP contribution in [-0.4, -0.2) is 62.8 Å². The van der Waals surface area contributed by atoms with Crippen molar-refractivity contribution in [1.29, 1.82) is 0 Å². The third-order valence-electron chi connectivity index (χ3n) is 3.89. The summed E-state index contributed by atoms with van der Waals surface area (Å²) in [5.74, 6) is 0.557. The molecule has 0 atom stereocenters. The highest BCUT2D eigenvalue weighted by Crippen LogP contribution is 2.28. The predicted octanol–water partition coefficient (Wildman–Crippen LogP) is 1.87. The van der Waals surface area contributed by atoms with Gasteiger partial charge in [0.25, 0.3) is 10.0 Å². The summed E-state index contributed by atoms with van der Waals surface area (Å²) in [5.41, 5.74) is 0. The van der Waals surface area contributed by atoms with E-state index in [-0.39, 0.29) is 10.1 Å². The maximum Gasteiger partial charge on any atom is 0.252 e. The molecule has 0 aromatic carbocycles. The van der Waals surface area contributed by atoms with Gasteiger partial charge in [0.15, 0.2) is 0 Å². The summed E-state index contributed by atoms with van der Waals surface area (Å²) < 4.78 is 27.2. The number of rotatable bonds is 7. The molecule has 1 saturated heterocycles. The van der Waals surface area contributed by atoms with Gasteiger partial charge in [-0.1, -0.05) is 25.4 Å². The number of thiophene rings is 1. The van der Waals surface area contributed by atoms with Gasteiger partial charge in [0.1, 0.15) is 4.21 Å². The first-order chi connectivity index (χ1) is 11.3. The molecule has 0 radical (unpaired) electrons. The van der Waals surface area contributed by atoms with Crippen LogP contribution in [0.4, 0.5) is 0 Å². The molecule has 1 N–H and O–H groups in total. The molecule has 0 bridgehead atoms. The second kappa shape index (κ2) is 8.62. The minimum absolute atomic E-state index is 0.00278.